The fourth-order valence-corrected chi connectivity index (χ4v) is 3.04. The van der Waals surface area contributed by atoms with Gasteiger partial charge in [0.05, 0.1) is 0 Å². The fraction of sp³-hybridized carbons (Fsp3) is 0.933. The Kier molecular flexibility index (Phi) is 4.59. The van der Waals surface area contributed by atoms with Crippen LogP contribution in [0.25, 0.3) is 0 Å². The van der Waals surface area contributed by atoms with Crippen LogP contribution in [0.4, 0.5) is 4.79 Å². The molecule has 5 heteroatoms. The standard InChI is InChI=1S/C15H29N3O2/c1-14(2,3)20-13(19)17-9-11-18(12-10-17)15(4)5-7-16-8-6-15/h16H,5-12H2,1-4H3. The maximum atomic E-state index is 12.1. The SMILES string of the molecule is CC(C)(C)OC(=O)N1CCN(C2(C)CCNCC2)CC1. The molecule has 0 aliphatic carbocycles. The number of ether oxygens (including phenoxy) is 1. The highest BCUT2D eigenvalue weighted by Crippen LogP contribution is 2.27. The second-order valence-electron chi connectivity index (χ2n) is 7.20. The lowest BCUT2D eigenvalue weighted by molar-refractivity contribution is -0.00675. The Balaban J connectivity index is 1.84. The van der Waals surface area contributed by atoms with E-state index in [-0.39, 0.29) is 6.09 Å². The molecule has 1 N–H and O–H groups in total. The molecule has 5 nitrogen and oxygen atoms in total. The maximum absolute atomic E-state index is 12.1. The topological polar surface area (TPSA) is 44.8 Å². The van der Waals surface area contributed by atoms with Gasteiger partial charge in [-0.25, -0.2) is 4.79 Å². The van der Waals surface area contributed by atoms with E-state index in [4.69, 9.17) is 4.74 Å². The van der Waals surface area contributed by atoms with Crippen LogP contribution >= 0.6 is 0 Å². The first-order valence-electron chi connectivity index (χ1n) is 7.74. The van der Waals surface area contributed by atoms with Crippen molar-refractivity contribution < 1.29 is 9.53 Å². The number of nitrogens with one attached hydrogen (secondary N) is 1. The van der Waals surface area contributed by atoms with Gasteiger partial charge in [0.15, 0.2) is 0 Å². The first-order valence-corrected chi connectivity index (χ1v) is 7.74. The Morgan fingerprint density at radius 3 is 2.15 bits per heavy atom. The van der Waals surface area contributed by atoms with E-state index in [9.17, 15) is 4.79 Å². The highest BCUT2D eigenvalue weighted by molar-refractivity contribution is 5.68. The molecule has 2 aliphatic rings. The van der Waals surface area contributed by atoms with Gasteiger partial charge in [0.25, 0.3) is 0 Å². The highest BCUT2D eigenvalue weighted by Gasteiger charge is 2.36. The van der Waals surface area contributed by atoms with Gasteiger partial charge in [0, 0.05) is 31.7 Å². The largest absolute Gasteiger partial charge is 0.444 e. The summed E-state index contributed by atoms with van der Waals surface area (Å²) in [6.45, 7) is 13.8. The van der Waals surface area contributed by atoms with Crippen LogP contribution in [0.2, 0.25) is 0 Å². The summed E-state index contributed by atoms with van der Waals surface area (Å²) < 4.78 is 5.44. The van der Waals surface area contributed by atoms with Gasteiger partial charge in [-0.2, -0.15) is 0 Å². The molecule has 0 spiro atoms. The summed E-state index contributed by atoms with van der Waals surface area (Å²) in [5.41, 5.74) is -0.111. The number of carbonyl (C=O) groups is 1. The summed E-state index contributed by atoms with van der Waals surface area (Å²) >= 11 is 0. The average Bonchev–Trinajstić information content (AvgIpc) is 2.38. The Morgan fingerprint density at radius 2 is 1.65 bits per heavy atom. The van der Waals surface area contributed by atoms with Gasteiger partial charge in [-0.15, -0.1) is 0 Å². The van der Waals surface area contributed by atoms with E-state index in [0.29, 0.717) is 5.54 Å². The third-order valence-corrected chi connectivity index (χ3v) is 4.38. The number of amides is 1. The molecule has 2 fully saturated rings. The van der Waals surface area contributed by atoms with E-state index in [0.717, 1.165) is 39.3 Å². The second-order valence-corrected chi connectivity index (χ2v) is 7.20. The number of piperidine rings is 1. The van der Waals surface area contributed by atoms with Gasteiger partial charge in [0.1, 0.15) is 5.60 Å². The normalized spacial score (nSPS) is 24.5. The summed E-state index contributed by atoms with van der Waals surface area (Å²) in [6, 6.07) is 0. The van der Waals surface area contributed by atoms with Crippen LogP contribution < -0.4 is 5.32 Å². The zero-order valence-corrected chi connectivity index (χ0v) is 13.4. The van der Waals surface area contributed by atoms with Crippen LogP contribution in [0, 0.1) is 0 Å². The van der Waals surface area contributed by atoms with Gasteiger partial charge in [-0.05, 0) is 53.6 Å². The molecule has 2 aliphatic heterocycles. The fourth-order valence-electron chi connectivity index (χ4n) is 3.04. The molecule has 2 saturated heterocycles. The van der Waals surface area contributed by atoms with Gasteiger partial charge >= 0.3 is 6.09 Å². The summed E-state index contributed by atoms with van der Waals surface area (Å²) in [5.74, 6) is 0. The Bertz CT molecular complexity index is 338. The van der Waals surface area contributed by atoms with Crippen LogP contribution in [-0.4, -0.2) is 66.3 Å². The second kappa shape index (κ2) is 5.90. The van der Waals surface area contributed by atoms with Crippen LogP contribution in [0.1, 0.15) is 40.5 Å². The molecule has 1 amide bonds. The van der Waals surface area contributed by atoms with Gasteiger partial charge in [0.2, 0.25) is 0 Å². The van der Waals surface area contributed by atoms with Crippen LogP contribution in [-0.2, 0) is 4.74 Å². The van der Waals surface area contributed by atoms with Crippen molar-refractivity contribution >= 4 is 6.09 Å². The molecule has 0 unspecified atom stereocenters. The van der Waals surface area contributed by atoms with E-state index in [1.807, 2.05) is 25.7 Å². The third kappa shape index (κ3) is 3.85. The Hall–Kier alpha value is -0.810. The molecule has 0 aromatic rings. The molecular formula is C15H29N3O2. The first-order chi connectivity index (χ1) is 9.30. The Morgan fingerprint density at radius 1 is 1.10 bits per heavy atom. The number of hydrogen-bond donors (Lipinski definition) is 1. The molecule has 116 valence electrons. The monoisotopic (exact) mass is 283 g/mol. The van der Waals surface area contributed by atoms with Crippen molar-refractivity contribution in [2.75, 3.05) is 39.3 Å². The molecular weight excluding hydrogens is 254 g/mol. The van der Waals surface area contributed by atoms with E-state index >= 15 is 0 Å². The Labute approximate surface area is 122 Å². The van der Waals surface area contributed by atoms with E-state index in [2.05, 4.69) is 17.1 Å². The summed E-state index contributed by atoms with van der Waals surface area (Å²) in [7, 11) is 0. The number of rotatable bonds is 1. The van der Waals surface area contributed by atoms with Crippen LogP contribution in [0.15, 0.2) is 0 Å². The smallest absolute Gasteiger partial charge is 0.410 e. The van der Waals surface area contributed by atoms with E-state index in [1.54, 1.807) is 0 Å². The molecule has 0 bridgehead atoms. The molecule has 0 saturated carbocycles. The highest BCUT2D eigenvalue weighted by atomic mass is 16.6. The first kappa shape index (κ1) is 15.6. The zero-order valence-electron chi connectivity index (χ0n) is 13.4. The van der Waals surface area contributed by atoms with Crippen LogP contribution in [0.5, 0.6) is 0 Å². The average molecular weight is 283 g/mol. The predicted molar refractivity (Wildman–Crippen MR) is 79.9 cm³/mol. The lowest BCUT2D eigenvalue weighted by Gasteiger charge is -2.48. The number of nitrogens with zero attached hydrogens (tertiary/aromatic N) is 2. The number of carbonyl (C=O) groups excluding carboxylic acids is 1. The minimum atomic E-state index is -0.408. The van der Waals surface area contributed by atoms with Crippen molar-refractivity contribution in [1.82, 2.24) is 15.1 Å². The van der Waals surface area contributed by atoms with Gasteiger partial charge in [-0.3, -0.25) is 4.90 Å². The van der Waals surface area contributed by atoms with Crippen LogP contribution in [0.3, 0.4) is 0 Å². The van der Waals surface area contributed by atoms with Crippen molar-refractivity contribution in [2.24, 2.45) is 0 Å². The van der Waals surface area contributed by atoms with Gasteiger partial charge < -0.3 is 15.0 Å². The third-order valence-electron chi connectivity index (χ3n) is 4.38. The quantitative estimate of drug-likeness (QED) is 0.795. The molecule has 2 rings (SSSR count). The summed E-state index contributed by atoms with van der Waals surface area (Å²) in [6.07, 6.45) is 2.21. The van der Waals surface area contributed by atoms with E-state index < -0.39 is 5.60 Å². The van der Waals surface area contributed by atoms with Crippen molar-refractivity contribution in [1.29, 1.82) is 0 Å². The molecule has 0 atom stereocenters. The summed E-state index contributed by atoms with van der Waals surface area (Å²) in [4.78, 5) is 16.4. The van der Waals surface area contributed by atoms with Crippen molar-refractivity contribution in [2.45, 2.75) is 51.7 Å². The molecule has 0 radical (unpaired) electrons. The van der Waals surface area contributed by atoms with Crippen molar-refractivity contribution in [3.05, 3.63) is 0 Å². The minimum Gasteiger partial charge on any atom is -0.444 e. The number of hydrogen-bond acceptors (Lipinski definition) is 4. The maximum Gasteiger partial charge on any atom is 0.410 e. The van der Waals surface area contributed by atoms with Gasteiger partial charge in [-0.1, -0.05) is 0 Å². The molecule has 20 heavy (non-hydrogen) atoms. The van der Waals surface area contributed by atoms with Crippen molar-refractivity contribution in [3.63, 3.8) is 0 Å². The minimum absolute atomic E-state index is 0.174. The number of piperazine rings is 1. The zero-order chi connectivity index (χ0) is 14.8. The predicted octanol–water partition coefficient (Wildman–Crippen LogP) is 1.68. The molecule has 0 aromatic carbocycles. The van der Waals surface area contributed by atoms with E-state index in [1.165, 1.54) is 12.8 Å². The van der Waals surface area contributed by atoms with Crippen molar-refractivity contribution in [3.8, 4) is 0 Å². The molecule has 0 aromatic heterocycles. The summed E-state index contributed by atoms with van der Waals surface area (Å²) in [5, 5.41) is 3.42. The lowest BCUT2D eigenvalue weighted by atomic mass is 9.88. The lowest BCUT2D eigenvalue weighted by Crippen LogP contribution is -2.59. The molecule has 2 heterocycles.